The molecule has 1 unspecified atom stereocenters. The van der Waals surface area contributed by atoms with Crippen LogP contribution in [0.3, 0.4) is 0 Å². The molecule has 1 atom stereocenters. The van der Waals surface area contributed by atoms with Gasteiger partial charge in [0.2, 0.25) is 0 Å². The van der Waals surface area contributed by atoms with Gasteiger partial charge in [-0.15, -0.1) is 0 Å². The Labute approximate surface area is 108 Å². The van der Waals surface area contributed by atoms with Gasteiger partial charge < -0.3 is 10.3 Å². The zero-order chi connectivity index (χ0) is 12.6. The van der Waals surface area contributed by atoms with E-state index in [2.05, 4.69) is 48.4 Å². The molecule has 2 heterocycles. The molecule has 0 aliphatic carbocycles. The smallest absolute Gasteiger partial charge is 0.114 e. The Hall–Kier alpha value is -1.61. The second kappa shape index (κ2) is 4.25. The van der Waals surface area contributed by atoms with Crippen LogP contribution in [-0.4, -0.2) is 23.1 Å². The third-order valence-corrected chi connectivity index (χ3v) is 3.87. The molecule has 1 aliphatic rings. The van der Waals surface area contributed by atoms with Gasteiger partial charge >= 0.3 is 0 Å². The van der Waals surface area contributed by atoms with Crippen LogP contribution < -0.4 is 5.32 Å². The number of benzene rings is 1. The number of hydrogen-bond donors (Lipinski definition) is 2. The summed E-state index contributed by atoms with van der Waals surface area (Å²) in [6, 6.07) is 10.4. The van der Waals surface area contributed by atoms with Crippen molar-refractivity contribution in [3.05, 3.63) is 41.9 Å². The van der Waals surface area contributed by atoms with Gasteiger partial charge in [-0.1, -0.05) is 37.3 Å². The lowest BCUT2D eigenvalue weighted by Gasteiger charge is -2.19. The van der Waals surface area contributed by atoms with Crippen molar-refractivity contribution in [2.45, 2.75) is 25.7 Å². The minimum absolute atomic E-state index is 0.151. The van der Waals surface area contributed by atoms with E-state index in [0.29, 0.717) is 0 Å². The molecular weight excluding hydrogens is 222 g/mol. The zero-order valence-electron chi connectivity index (χ0n) is 11.0. The summed E-state index contributed by atoms with van der Waals surface area (Å²) in [7, 11) is 0. The quantitative estimate of drug-likeness (QED) is 0.848. The molecule has 0 amide bonds. The van der Waals surface area contributed by atoms with E-state index in [1.807, 2.05) is 6.07 Å². The Morgan fingerprint density at radius 1 is 1.22 bits per heavy atom. The van der Waals surface area contributed by atoms with E-state index in [-0.39, 0.29) is 5.41 Å². The molecule has 0 radical (unpaired) electrons. The van der Waals surface area contributed by atoms with Crippen LogP contribution in [-0.2, 0) is 5.41 Å². The number of hydrogen-bond acceptors (Lipinski definition) is 2. The van der Waals surface area contributed by atoms with Crippen LogP contribution in [0.2, 0.25) is 0 Å². The number of aryl methyl sites for hydroxylation is 1. The van der Waals surface area contributed by atoms with Crippen LogP contribution >= 0.6 is 0 Å². The number of aromatic amines is 1. The molecule has 1 aromatic heterocycles. The average molecular weight is 241 g/mol. The lowest BCUT2D eigenvalue weighted by Crippen LogP contribution is -2.26. The van der Waals surface area contributed by atoms with Gasteiger partial charge in [0.15, 0.2) is 0 Å². The van der Waals surface area contributed by atoms with Gasteiger partial charge in [-0.3, -0.25) is 0 Å². The summed E-state index contributed by atoms with van der Waals surface area (Å²) in [5.41, 5.74) is 3.58. The maximum Gasteiger partial charge on any atom is 0.114 e. The molecule has 1 aliphatic heterocycles. The maximum atomic E-state index is 4.84. The summed E-state index contributed by atoms with van der Waals surface area (Å²) in [6.07, 6.45) is 1.15. The van der Waals surface area contributed by atoms with Crippen molar-refractivity contribution in [1.82, 2.24) is 15.3 Å². The van der Waals surface area contributed by atoms with Crippen LogP contribution in [0.25, 0.3) is 11.3 Å². The molecule has 2 aromatic rings. The highest BCUT2D eigenvalue weighted by Crippen LogP contribution is 2.31. The molecule has 18 heavy (non-hydrogen) atoms. The van der Waals surface area contributed by atoms with E-state index in [0.717, 1.165) is 36.7 Å². The standard InChI is InChI=1S/C15H19N3/c1-11-13(12-6-4-3-5-7-12)18-14(17-11)15(2)8-9-16-10-15/h3-7,16H,8-10H2,1-2H3,(H,17,18). The molecule has 0 bridgehead atoms. The third-order valence-electron chi connectivity index (χ3n) is 3.87. The van der Waals surface area contributed by atoms with Crippen LogP contribution in [0.5, 0.6) is 0 Å². The van der Waals surface area contributed by atoms with Crippen LogP contribution in [0.1, 0.15) is 24.9 Å². The number of imidazole rings is 1. The molecule has 0 saturated carbocycles. The van der Waals surface area contributed by atoms with Crippen molar-refractivity contribution < 1.29 is 0 Å². The van der Waals surface area contributed by atoms with Crippen molar-refractivity contribution in [3.8, 4) is 11.3 Å². The van der Waals surface area contributed by atoms with E-state index in [4.69, 9.17) is 4.98 Å². The number of H-pyrrole nitrogens is 1. The van der Waals surface area contributed by atoms with Crippen LogP contribution in [0.15, 0.2) is 30.3 Å². The van der Waals surface area contributed by atoms with Crippen molar-refractivity contribution in [3.63, 3.8) is 0 Å². The van der Waals surface area contributed by atoms with E-state index in [1.165, 1.54) is 5.56 Å². The fourth-order valence-corrected chi connectivity index (χ4v) is 2.64. The first-order chi connectivity index (χ1) is 8.69. The lowest BCUT2D eigenvalue weighted by molar-refractivity contribution is 0.494. The Kier molecular flexibility index (Phi) is 2.71. The molecule has 94 valence electrons. The van der Waals surface area contributed by atoms with E-state index >= 15 is 0 Å². The molecule has 2 N–H and O–H groups in total. The first kappa shape index (κ1) is 11.5. The second-order valence-electron chi connectivity index (χ2n) is 5.41. The molecule has 1 aromatic carbocycles. The van der Waals surface area contributed by atoms with E-state index in [1.54, 1.807) is 0 Å². The highest BCUT2D eigenvalue weighted by atomic mass is 15.0. The Balaban J connectivity index is 2.01. The van der Waals surface area contributed by atoms with Crippen molar-refractivity contribution >= 4 is 0 Å². The Morgan fingerprint density at radius 3 is 2.67 bits per heavy atom. The third kappa shape index (κ3) is 1.85. The van der Waals surface area contributed by atoms with Crippen LogP contribution in [0, 0.1) is 6.92 Å². The summed E-state index contributed by atoms with van der Waals surface area (Å²) in [4.78, 5) is 8.31. The maximum absolute atomic E-state index is 4.84. The molecule has 3 heteroatoms. The van der Waals surface area contributed by atoms with Gasteiger partial charge in [0.1, 0.15) is 5.82 Å². The SMILES string of the molecule is Cc1[nH]c(C2(C)CCNC2)nc1-c1ccccc1. The highest BCUT2D eigenvalue weighted by molar-refractivity contribution is 5.61. The van der Waals surface area contributed by atoms with Gasteiger partial charge in [0, 0.05) is 23.2 Å². The molecule has 1 fully saturated rings. The molecule has 0 spiro atoms. The summed E-state index contributed by atoms with van der Waals surface area (Å²) >= 11 is 0. The molecular formula is C15H19N3. The minimum Gasteiger partial charge on any atom is -0.345 e. The topological polar surface area (TPSA) is 40.7 Å². The number of aromatic nitrogens is 2. The second-order valence-corrected chi connectivity index (χ2v) is 5.41. The molecule has 3 rings (SSSR count). The van der Waals surface area contributed by atoms with Crippen molar-refractivity contribution in [1.29, 1.82) is 0 Å². The van der Waals surface area contributed by atoms with Gasteiger partial charge in [-0.25, -0.2) is 4.98 Å². The summed E-state index contributed by atoms with van der Waals surface area (Å²) < 4.78 is 0. The van der Waals surface area contributed by atoms with Crippen molar-refractivity contribution in [2.75, 3.05) is 13.1 Å². The Morgan fingerprint density at radius 2 is 2.00 bits per heavy atom. The van der Waals surface area contributed by atoms with E-state index < -0.39 is 0 Å². The predicted octanol–water partition coefficient (Wildman–Crippen LogP) is 2.64. The summed E-state index contributed by atoms with van der Waals surface area (Å²) in [5, 5.41) is 3.42. The Bertz CT molecular complexity index is 536. The zero-order valence-corrected chi connectivity index (χ0v) is 11.0. The number of rotatable bonds is 2. The number of nitrogens with one attached hydrogen (secondary N) is 2. The number of nitrogens with zero attached hydrogens (tertiary/aromatic N) is 1. The van der Waals surface area contributed by atoms with E-state index in [9.17, 15) is 0 Å². The fourth-order valence-electron chi connectivity index (χ4n) is 2.64. The monoisotopic (exact) mass is 241 g/mol. The fraction of sp³-hybridized carbons (Fsp3) is 0.400. The highest BCUT2D eigenvalue weighted by Gasteiger charge is 2.33. The summed E-state index contributed by atoms with van der Waals surface area (Å²) in [5.74, 6) is 1.11. The molecule has 1 saturated heterocycles. The average Bonchev–Trinajstić information content (AvgIpc) is 2.98. The van der Waals surface area contributed by atoms with Gasteiger partial charge in [-0.2, -0.15) is 0 Å². The largest absolute Gasteiger partial charge is 0.345 e. The predicted molar refractivity (Wildman–Crippen MR) is 73.6 cm³/mol. The van der Waals surface area contributed by atoms with Gasteiger partial charge in [0.05, 0.1) is 5.69 Å². The first-order valence-electron chi connectivity index (χ1n) is 6.52. The summed E-state index contributed by atoms with van der Waals surface area (Å²) in [6.45, 7) is 6.47. The first-order valence-corrected chi connectivity index (χ1v) is 6.52. The lowest BCUT2D eigenvalue weighted by atomic mass is 9.89. The molecule has 3 nitrogen and oxygen atoms in total. The van der Waals surface area contributed by atoms with Gasteiger partial charge in [0.25, 0.3) is 0 Å². The van der Waals surface area contributed by atoms with Gasteiger partial charge in [-0.05, 0) is 19.9 Å². The van der Waals surface area contributed by atoms with Crippen molar-refractivity contribution in [2.24, 2.45) is 0 Å². The normalized spacial score (nSPS) is 23.4. The minimum atomic E-state index is 0.151. The van der Waals surface area contributed by atoms with Crippen LogP contribution in [0.4, 0.5) is 0 Å².